The van der Waals surface area contributed by atoms with Gasteiger partial charge in [-0.25, -0.2) is 4.79 Å². The van der Waals surface area contributed by atoms with Crippen LogP contribution in [0.15, 0.2) is 88.3 Å². The number of carbonyl (C=O) groups excluding carboxylic acids is 1. The Hall–Kier alpha value is -3.05. The van der Waals surface area contributed by atoms with Gasteiger partial charge in [0.2, 0.25) is 0 Å². The Bertz CT molecular complexity index is 1390. The van der Waals surface area contributed by atoms with Gasteiger partial charge in [0.05, 0.1) is 26.4 Å². The molecule has 1 aliphatic rings. The van der Waals surface area contributed by atoms with Crippen molar-refractivity contribution in [1.82, 2.24) is 4.98 Å². The van der Waals surface area contributed by atoms with Gasteiger partial charge in [0.15, 0.2) is 0 Å². The summed E-state index contributed by atoms with van der Waals surface area (Å²) in [5.41, 5.74) is 4.00. The van der Waals surface area contributed by atoms with Gasteiger partial charge in [-0.15, -0.1) is 29.8 Å². The van der Waals surface area contributed by atoms with Crippen molar-refractivity contribution >= 4 is 28.6 Å². The SMILES string of the molecule is CCC1(COCCCCOc2cc[c-]c(-c3ccccn3)c2)COC1.O=C(/C=C(\O)OCc1ccsc1)OCc1ccsc1.[Ir]. The number of thiophene rings is 2. The van der Waals surface area contributed by atoms with Crippen LogP contribution in [0, 0.1) is 11.5 Å². The van der Waals surface area contributed by atoms with Gasteiger partial charge in [0.1, 0.15) is 19.3 Å². The summed E-state index contributed by atoms with van der Waals surface area (Å²) in [7, 11) is 0. The van der Waals surface area contributed by atoms with E-state index in [2.05, 4.69) is 18.0 Å². The number of hydrogen-bond donors (Lipinski definition) is 1. The van der Waals surface area contributed by atoms with Crippen molar-refractivity contribution < 1.29 is 53.7 Å². The predicted octanol–water partition coefficient (Wildman–Crippen LogP) is 7.62. The molecular weight excluding hydrogens is 791 g/mol. The van der Waals surface area contributed by atoms with Crippen LogP contribution in [-0.4, -0.2) is 49.1 Å². The van der Waals surface area contributed by atoms with Crippen LogP contribution in [0.5, 0.6) is 5.75 Å². The Balaban J connectivity index is 0.000000249. The van der Waals surface area contributed by atoms with Crippen molar-refractivity contribution in [1.29, 1.82) is 0 Å². The number of carbonyl (C=O) groups is 1. The van der Waals surface area contributed by atoms with Crippen molar-refractivity contribution in [3.63, 3.8) is 0 Å². The van der Waals surface area contributed by atoms with Crippen LogP contribution < -0.4 is 4.74 Å². The molecule has 1 aromatic carbocycles. The zero-order valence-corrected chi connectivity index (χ0v) is 29.2. The number of pyridine rings is 1. The normalized spacial score (nSPS) is 13.4. The van der Waals surface area contributed by atoms with Crippen molar-refractivity contribution in [2.24, 2.45) is 5.41 Å². The Morgan fingerprint density at radius 2 is 1.78 bits per heavy atom. The van der Waals surface area contributed by atoms with Crippen molar-refractivity contribution in [2.75, 3.05) is 33.0 Å². The van der Waals surface area contributed by atoms with Crippen molar-refractivity contribution in [3.8, 4) is 17.0 Å². The number of aliphatic hydroxyl groups is 1. The maximum Gasteiger partial charge on any atom is 0.338 e. The molecule has 3 aromatic heterocycles. The van der Waals surface area contributed by atoms with Gasteiger partial charge in [-0.2, -0.15) is 22.7 Å². The standard InChI is InChI=1S/C21H26NO3.C13H12O4S2.Ir/c1-2-21(16-24-17-21)15-23-12-5-6-13-25-19-9-7-8-18(14-19)20-10-3-4-11-22-20;14-12(16-6-10-1-3-18-8-10)5-13(15)17-7-11-2-4-19-9-11;/h3-4,7,9-11,14H,2,5-6,12-13,15-17H2,1H3;1-5,8-9,14H,6-7H2;/q-1;;/b;12-5+;. The van der Waals surface area contributed by atoms with E-state index in [-0.39, 0.29) is 38.7 Å². The number of nitrogens with zero attached hydrogens (tertiary/aromatic N) is 1. The first-order chi connectivity index (χ1) is 21.5. The molecule has 1 saturated heterocycles. The van der Waals surface area contributed by atoms with Crippen LogP contribution >= 0.6 is 22.7 Å². The van der Waals surface area contributed by atoms with Gasteiger partial charge in [-0.3, -0.25) is 0 Å². The molecule has 1 aliphatic heterocycles. The van der Waals surface area contributed by atoms with E-state index in [1.165, 1.54) is 11.3 Å². The second kappa shape index (κ2) is 20.2. The molecule has 0 bridgehead atoms. The van der Waals surface area contributed by atoms with E-state index in [1.807, 2.05) is 70.1 Å². The Morgan fingerprint density at radius 1 is 1.04 bits per heavy atom. The molecule has 0 aliphatic carbocycles. The Morgan fingerprint density at radius 3 is 2.40 bits per heavy atom. The molecule has 1 radical (unpaired) electrons. The molecule has 45 heavy (non-hydrogen) atoms. The minimum Gasteiger partial charge on any atom is -0.513 e. The number of hydrogen-bond acceptors (Lipinski definition) is 10. The van der Waals surface area contributed by atoms with Gasteiger partial charge < -0.3 is 33.8 Å². The number of esters is 1. The first-order valence-electron chi connectivity index (χ1n) is 14.5. The molecule has 0 unspecified atom stereocenters. The molecule has 0 amide bonds. The van der Waals surface area contributed by atoms with Gasteiger partial charge in [0.25, 0.3) is 5.95 Å². The summed E-state index contributed by atoms with van der Waals surface area (Å²) in [5, 5.41) is 17.0. The maximum absolute atomic E-state index is 11.4. The second-order valence-corrected chi connectivity index (χ2v) is 11.8. The molecule has 0 spiro atoms. The van der Waals surface area contributed by atoms with Crippen molar-refractivity contribution in [3.05, 3.63) is 105 Å². The van der Waals surface area contributed by atoms with Crippen LogP contribution in [-0.2, 0) is 57.1 Å². The van der Waals surface area contributed by atoms with Gasteiger partial charge in [0, 0.05) is 55.2 Å². The number of aliphatic hydroxyl groups excluding tert-OH is 1. The zero-order chi connectivity index (χ0) is 30.9. The number of benzene rings is 1. The molecule has 0 atom stereocenters. The van der Waals surface area contributed by atoms with Gasteiger partial charge in [-0.1, -0.05) is 19.1 Å². The Kier molecular flexibility index (Phi) is 16.3. The molecule has 11 heteroatoms. The topological polar surface area (TPSA) is 96.3 Å². The summed E-state index contributed by atoms with van der Waals surface area (Å²) in [4.78, 5) is 15.7. The first kappa shape index (κ1) is 36.4. The molecule has 5 rings (SSSR count). The molecule has 0 saturated carbocycles. The van der Waals surface area contributed by atoms with E-state index in [0.717, 1.165) is 79.9 Å². The third-order valence-corrected chi connectivity index (χ3v) is 8.27. The number of rotatable bonds is 16. The van der Waals surface area contributed by atoms with E-state index in [1.54, 1.807) is 17.5 Å². The van der Waals surface area contributed by atoms with Gasteiger partial charge >= 0.3 is 5.97 Å². The van der Waals surface area contributed by atoms with Crippen LogP contribution in [0.3, 0.4) is 0 Å². The van der Waals surface area contributed by atoms with Crippen LogP contribution in [0.4, 0.5) is 0 Å². The fourth-order valence-corrected chi connectivity index (χ4v) is 5.32. The summed E-state index contributed by atoms with van der Waals surface area (Å²) < 4.78 is 26.9. The van der Waals surface area contributed by atoms with Crippen molar-refractivity contribution in [2.45, 2.75) is 39.4 Å². The van der Waals surface area contributed by atoms with Crippen LogP contribution in [0.2, 0.25) is 0 Å². The monoisotopic (exact) mass is 829 g/mol. The maximum atomic E-state index is 11.4. The van der Waals surface area contributed by atoms with Crippen LogP contribution in [0.25, 0.3) is 11.3 Å². The molecule has 4 heterocycles. The number of aromatic nitrogens is 1. The van der Waals surface area contributed by atoms with E-state index in [0.29, 0.717) is 6.61 Å². The van der Waals surface area contributed by atoms with E-state index < -0.39 is 11.9 Å². The quantitative estimate of drug-likeness (QED) is 0.0406. The largest absolute Gasteiger partial charge is 0.513 e. The molecule has 1 fully saturated rings. The van der Waals surface area contributed by atoms with Crippen LogP contribution in [0.1, 0.15) is 37.3 Å². The average Bonchev–Trinajstić information content (AvgIpc) is 3.76. The average molecular weight is 829 g/mol. The molecular formula is C34H38IrNO7S2-. The third-order valence-electron chi connectivity index (χ3n) is 6.81. The minimum atomic E-state index is -0.631. The molecule has 1 N–H and O–H groups in total. The molecule has 4 aromatic rings. The smallest absolute Gasteiger partial charge is 0.338 e. The number of ether oxygens (including phenoxy) is 5. The van der Waals surface area contributed by atoms with E-state index in [4.69, 9.17) is 23.7 Å². The second-order valence-electron chi connectivity index (χ2n) is 10.2. The third kappa shape index (κ3) is 13.1. The first-order valence-corrected chi connectivity index (χ1v) is 16.4. The molecule has 243 valence electrons. The minimum absolute atomic E-state index is 0. The predicted molar refractivity (Wildman–Crippen MR) is 172 cm³/mol. The zero-order valence-electron chi connectivity index (χ0n) is 25.1. The van der Waals surface area contributed by atoms with E-state index in [9.17, 15) is 9.90 Å². The summed E-state index contributed by atoms with van der Waals surface area (Å²) in [6.45, 7) is 6.60. The molecule has 8 nitrogen and oxygen atoms in total. The fraction of sp³-hybridized carbons (Fsp3) is 0.353. The summed E-state index contributed by atoms with van der Waals surface area (Å²) >= 11 is 3.07. The summed E-state index contributed by atoms with van der Waals surface area (Å²) in [5.74, 6) is -0.215. The number of unbranched alkanes of at least 4 members (excludes halogenated alkanes) is 1. The summed E-state index contributed by atoms with van der Waals surface area (Å²) in [6.07, 6.45) is 5.83. The van der Waals surface area contributed by atoms with Gasteiger partial charge in [-0.05, 0) is 64.7 Å². The summed E-state index contributed by atoms with van der Waals surface area (Å²) in [6, 6.07) is 18.6. The van der Waals surface area contributed by atoms with E-state index >= 15 is 0 Å². The Labute approximate surface area is 286 Å². The fourth-order valence-electron chi connectivity index (χ4n) is 4.02.